The van der Waals surface area contributed by atoms with Crippen molar-refractivity contribution in [3.8, 4) is 17.8 Å². The highest BCUT2D eigenvalue weighted by Gasteiger charge is 2.22. The lowest BCUT2D eigenvalue weighted by molar-refractivity contribution is 0.330. The zero-order valence-electron chi connectivity index (χ0n) is 15.7. The molecular formula is C20H17F2N5O2. The summed E-state index contributed by atoms with van der Waals surface area (Å²) in [6, 6.07) is 12.8. The van der Waals surface area contributed by atoms with Crippen LogP contribution in [0, 0.1) is 23.0 Å². The number of nitrogens with zero attached hydrogens (tertiary/aromatic N) is 3. The van der Waals surface area contributed by atoms with Crippen molar-refractivity contribution in [1.29, 1.82) is 5.26 Å². The quantitative estimate of drug-likeness (QED) is 0.623. The average molecular weight is 397 g/mol. The lowest BCUT2D eigenvalue weighted by Crippen LogP contribution is -2.10. The Kier molecular flexibility index (Phi) is 6.04. The number of halogens is 2. The minimum Gasteiger partial charge on any atom is -0.479 e. The molecule has 0 fully saturated rings. The van der Waals surface area contributed by atoms with Crippen molar-refractivity contribution in [3.63, 3.8) is 0 Å². The first-order chi connectivity index (χ1) is 14.1. The van der Waals surface area contributed by atoms with Crippen molar-refractivity contribution in [2.24, 2.45) is 0 Å². The molecule has 0 saturated carbocycles. The third kappa shape index (κ3) is 4.32. The van der Waals surface area contributed by atoms with Gasteiger partial charge in [0, 0.05) is 29.7 Å². The largest absolute Gasteiger partial charge is 0.479 e. The number of pyridine rings is 2. The number of benzene rings is 1. The Balaban J connectivity index is 1.92. The summed E-state index contributed by atoms with van der Waals surface area (Å²) in [5.41, 5.74) is 1.71. The third-order valence-electron chi connectivity index (χ3n) is 4.01. The fourth-order valence-corrected chi connectivity index (χ4v) is 2.59. The maximum absolute atomic E-state index is 14.5. The van der Waals surface area contributed by atoms with Crippen molar-refractivity contribution in [2.45, 2.75) is 6.54 Å². The molecule has 0 aliphatic rings. The number of methoxy groups -OCH3 is 2. The van der Waals surface area contributed by atoms with Gasteiger partial charge >= 0.3 is 0 Å². The van der Waals surface area contributed by atoms with Crippen LogP contribution < -0.4 is 20.1 Å². The number of hydrogen-bond donors (Lipinski definition) is 2. The minimum atomic E-state index is -0.982. The molecule has 7 nitrogen and oxygen atoms in total. The molecule has 0 aliphatic heterocycles. The number of ether oxygens (including phenoxy) is 2. The Bertz CT molecular complexity index is 1030. The van der Waals surface area contributed by atoms with Gasteiger partial charge in [-0.05, 0) is 18.2 Å². The zero-order valence-corrected chi connectivity index (χ0v) is 15.7. The fraction of sp³-hybridized carbons (Fsp3) is 0.150. The number of anilines is 3. The van der Waals surface area contributed by atoms with Crippen LogP contribution in [0.1, 0.15) is 11.3 Å². The van der Waals surface area contributed by atoms with Gasteiger partial charge in [-0.1, -0.05) is 18.2 Å². The van der Waals surface area contributed by atoms with E-state index in [1.165, 1.54) is 20.4 Å². The molecule has 0 unspecified atom stereocenters. The molecule has 29 heavy (non-hydrogen) atoms. The molecule has 0 spiro atoms. The number of rotatable bonds is 7. The van der Waals surface area contributed by atoms with Gasteiger partial charge in [0.1, 0.15) is 17.5 Å². The van der Waals surface area contributed by atoms with Crippen LogP contribution in [-0.4, -0.2) is 24.2 Å². The maximum atomic E-state index is 14.5. The van der Waals surface area contributed by atoms with Crippen LogP contribution in [0.2, 0.25) is 0 Å². The predicted octanol–water partition coefficient (Wildman–Crippen LogP) is 4.00. The number of hydrogen-bond acceptors (Lipinski definition) is 7. The van der Waals surface area contributed by atoms with Crippen LogP contribution in [0.25, 0.3) is 0 Å². The van der Waals surface area contributed by atoms with E-state index in [1.807, 2.05) is 36.4 Å². The highest BCUT2D eigenvalue weighted by atomic mass is 19.1. The molecule has 2 heterocycles. The molecule has 2 aromatic heterocycles. The summed E-state index contributed by atoms with van der Waals surface area (Å²) in [6.45, 7) is 0.0119. The van der Waals surface area contributed by atoms with Crippen LogP contribution in [-0.2, 0) is 6.54 Å². The Morgan fingerprint density at radius 1 is 1.07 bits per heavy atom. The fourth-order valence-electron chi connectivity index (χ4n) is 2.59. The van der Waals surface area contributed by atoms with Gasteiger partial charge in [0.05, 0.1) is 14.2 Å². The number of nitrogens with one attached hydrogen (secondary N) is 2. The Hall–Kier alpha value is -3.93. The van der Waals surface area contributed by atoms with E-state index in [-0.39, 0.29) is 12.2 Å². The molecule has 0 amide bonds. The van der Waals surface area contributed by atoms with E-state index >= 15 is 0 Å². The summed E-state index contributed by atoms with van der Waals surface area (Å²) >= 11 is 0. The van der Waals surface area contributed by atoms with Gasteiger partial charge in [0.25, 0.3) is 11.8 Å². The summed E-state index contributed by atoms with van der Waals surface area (Å²) in [5, 5.41) is 15.0. The van der Waals surface area contributed by atoms with Gasteiger partial charge in [-0.15, -0.1) is 0 Å². The monoisotopic (exact) mass is 397 g/mol. The summed E-state index contributed by atoms with van der Waals surface area (Å²) < 4.78 is 38.7. The van der Waals surface area contributed by atoms with E-state index in [9.17, 15) is 8.78 Å². The second-order valence-corrected chi connectivity index (χ2v) is 5.82. The molecule has 0 aliphatic carbocycles. The molecule has 0 bridgehead atoms. The molecule has 1 aromatic carbocycles. The second-order valence-electron chi connectivity index (χ2n) is 5.82. The van der Waals surface area contributed by atoms with Crippen LogP contribution in [0.5, 0.6) is 11.8 Å². The van der Waals surface area contributed by atoms with E-state index < -0.39 is 29.1 Å². The predicted molar refractivity (Wildman–Crippen MR) is 103 cm³/mol. The lowest BCUT2D eigenvalue weighted by Gasteiger charge is -2.15. The van der Waals surface area contributed by atoms with Gasteiger partial charge < -0.3 is 20.1 Å². The van der Waals surface area contributed by atoms with E-state index in [0.29, 0.717) is 11.3 Å². The molecule has 148 valence electrons. The maximum Gasteiger partial charge on any atom is 0.255 e. The summed E-state index contributed by atoms with van der Waals surface area (Å²) in [7, 11) is 2.44. The zero-order chi connectivity index (χ0) is 20.8. The van der Waals surface area contributed by atoms with Crippen molar-refractivity contribution >= 4 is 17.1 Å². The normalized spacial score (nSPS) is 10.2. The van der Waals surface area contributed by atoms with Gasteiger partial charge in [0.15, 0.2) is 0 Å². The van der Waals surface area contributed by atoms with Crippen molar-refractivity contribution in [1.82, 2.24) is 9.97 Å². The SMILES string of the molecule is COc1nc(OC)c(F)c(NCc2cnc(C#N)cc2Nc2ccccc2)c1F. The molecule has 9 heteroatoms. The van der Waals surface area contributed by atoms with E-state index in [0.717, 1.165) is 5.69 Å². The smallest absolute Gasteiger partial charge is 0.255 e. The summed E-state index contributed by atoms with van der Waals surface area (Å²) in [5.74, 6) is -2.76. The van der Waals surface area contributed by atoms with Crippen LogP contribution in [0.15, 0.2) is 42.6 Å². The van der Waals surface area contributed by atoms with Gasteiger partial charge in [-0.3, -0.25) is 0 Å². The van der Waals surface area contributed by atoms with Crippen LogP contribution >= 0.6 is 0 Å². The van der Waals surface area contributed by atoms with Crippen molar-refractivity contribution in [2.75, 3.05) is 24.9 Å². The first-order valence-electron chi connectivity index (χ1n) is 8.49. The molecular weight excluding hydrogens is 380 g/mol. The van der Waals surface area contributed by atoms with Crippen molar-refractivity contribution in [3.05, 3.63) is 65.5 Å². The highest BCUT2D eigenvalue weighted by molar-refractivity contribution is 5.65. The molecule has 3 rings (SSSR count). The van der Waals surface area contributed by atoms with Crippen LogP contribution in [0.3, 0.4) is 0 Å². The number of nitriles is 1. The molecule has 2 N–H and O–H groups in total. The molecule has 0 saturated heterocycles. The molecule has 0 atom stereocenters. The topological polar surface area (TPSA) is 92.1 Å². The molecule has 3 aromatic rings. The third-order valence-corrected chi connectivity index (χ3v) is 4.01. The van der Waals surface area contributed by atoms with E-state index in [2.05, 4.69) is 20.6 Å². The first kappa shape index (κ1) is 19.8. The lowest BCUT2D eigenvalue weighted by atomic mass is 10.2. The van der Waals surface area contributed by atoms with E-state index in [4.69, 9.17) is 14.7 Å². The second kappa shape index (κ2) is 8.84. The van der Waals surface area contributed by atoms with Gasteiger partial charge in [-0.2, -0.15) is 19.0 Å². The minimum absolute atomic E-state index is 0.0119. The standard InChI is InChI=1S/C20H17F2N5O2/c1-28-19-16(21)18(17(22)20(27-19)29-2)25-11-12-10-24-14(9-23)8-15(12)26-13-6-4-3-5-7-13/h3-8,10H,11H2,1-2H3,(H,24,26)(H,25,27). The summed E-state index contributed by atoms with van der Waals surface area (Å²) in [6.07, 6.45) is 1.46. The summed E-state index contributed by atoms with van der Waals surface area (Å²) in [4.78, 5) is 7.66. The van der Waals surface area contributed by atoms with E-state index in [1.54, 1.807) is 6.07 Å². The Labute approximate surface area is 165 Å². The highest BCUT2D eigenvalue weighted by Crippen LogP contribution is 2.32. The van der Waals surface area contributed by atoms with Crippen molar-refractivity contribution < 1.29 is 18.3 Å². The van der Waals surface area contributed by atoms with Crippen LogP contribution in [0.4, 0.5) is 25.8 Å². The first-order valence-corrected chi connectivity index (χ1v) is 8.49. The van der Waals surface area contributed by atoms with Gasteiger partial charge in [-0.25, -0.2) is 4.98 Å². The Morgan fingerprint density at radius 2 is 1.72 bits per heavy atom. The average Bonchev–Trinajstić information content (AvgIpc) is 2.75. The number of aromatic nitrogens is 2. The van der Waals surface area contributed by atoms with Gasteiger partial charge in [0.2, 0.25) is 11.6 Å². The number of para-hydroxylation sites is 1. The Morgan fingerprint density at radius 3 is 2.31 bits per heavy atom. The molecule has 0 radical (unpaired) electrons.